The number of hydrogen-bond acceptors (Lipinski definition) is 2. The van der Waals surface area contributed by atoms with Crippen molar-refractivity contribution in [2.45, 2.75) is 40.0 Å². The van der Waals surface area contributed by atoms with Gasteiger partial charge in [-0.15, -0.1) is 0 Å². The number of amidine groups is 1. The molecule has 0 fully saturated rings. The molecule has 0 saturated carbocycles. The zero-order valence-electron chi connectivity index (χ0n) is 12.6. The topological polar surface area (TPSA) is 41.5 Å². The van der Waals surface area contributed by atoms with Gasteiger partial charge in [-0.05, 0) is 29.0 Å². The Morgan fingerprint density at radius 3 is 2.35 bits per heavy atom. The summed E-state index contributed by atoms with van der Waals surface area (Å²) in [5.41, 5.74) is 2.80. The summed E-state index contributed by atoms with van der Waals surface area (Å²) in [6.07, 6.45) is 2.64. The van der Waals surface area contributed by atoms with Crippen molar-refractivity contribution in [3.63, 3.8) is 0 Å². The fraction of sp³-hybridized carbons (Fsp3) is 0.412. The molecule has 1 aromatic carbocycles. The number of amides is 1. The number of nitrogens with one attached hydrogen (secondary N) is 1. The van der Waals surface area contributed by atoms with E-state index in [1.54, 1.807) is 0 Å². The smallest absolute Gasteiger partial charge is 0.275 e. The molecular weight excluding hydrogens is 248 g/mol. The highest BCUT2D eigenvalue weighted by Crippen LogP contribution is 2.18. The third-order valence-electron chi connectivity index (χ3n) is 3.25. The average Bonchev–Trinajstić information content (AvgIpc) is 2.69. The second-order valence-electron chi connectivity index (χ2n) is 5.96. The molecule has 0 spiro atoms. The van der Waals surface area contributed by atoms with Crippen molar-refractivity contribution in [2.75, 3.05) is 0 Å². The van der Waals surface area contributed by atoms with Gasteiger partial charge in [0.25, 0.3) is 5.91 Å². The van der Waals surface area contributed by atoms with Gasteiger partial charge in [-0.1, -0.05) is 52.0 Å². The van der Waals surface area contributed by atoms with Crippen LogP contribution in [0.15, 0.2) is 35.0 Å². The van der Waals surface area contributed by atoms with Crippen molar-refractivity contribution in [3.8, 4) is 0 Å². The van der Waals surface area contributed by atoms with Crippen LogP contribution in [0.25, 0.3) is 6.08 Å². The Morgan fingerprint density at radius 1 is 1.15 bits per heavy atom. The number of hydrogen-bond donors (Lipinski definition) is 1. The van der Waals surface area contributed by atoms with E-state index in [2.05, 4.69) is 50.1 Å². The summed E-state index contributed by atoms with van der Waals surface area (Å²) in [6.45, 7) is 8.56. The first kappa shape index (κ1) is 14.5. The molecule has 1 amide bonds. The first-order valence-electron chi connectivity index (χ1n) is 7.16. The van der Waals surface area contributed by atoms with Gasteiger partial charge in [0.15, 0.2) is 0 Å². The van der Waals surface area contributed by atoms with Crippen LogP contribution in [-0.4, -0.2) is 11.7 Å². The first-order chi connectivity index (χ1) is 9.45. The molecule has 0 radical (unpaired) electrons. The fourth-order valence-corrected chi connectivity index (χ4v) is 2.14. The van der Waals surface area contributed by atoms with Crippen molar-refractivity contribution < 1.29 is 4.79 Å². The molecule has 1 N–H and O–H groups in total. The Morgan fingerprint density at radius 2 is 1.80 bits per heavy atom. The normalized spacial score (nSPS) is 17.0. The Labute approximate surface area is 120 Å². The molecule has 1 aliphatic rings. The van der Waals surface area contributed by atoms with E-state index < -0.39 is 0 Å². The lowest BCUT2D eigenvalue weighted by molar-refractivity contribution is -0.115. The molecule has 1 aliphatic heterocycles. The average molecular weight is 270 g/mol. The zero-order chi connectivity index (χ0) is 14.7. The highest BCUT2D eigenvalue weighted by molar-refractivity contribution is 6.14. The van der Waals surface area contributed by atoms with E-state index in [1.165, 1.54) is 5.56 Å². The van der Waals surface area contributed by atoms with Gasteiger partial charge in [0.1, 0.15) is 11.5 Å². The number of carbonyl (C=O) groups excluding carboxylic acids is 1. The standard InChI is InChI=1S/C17H22N2O/c1-11(2)9-16-18-15(17(20)19-16)10-13-5-7-14(8-6-13)12(3)4/h5-8,10-12H,9H2,1-4H3,(H,18,19,20)/b15-10+. The highest BCUT2D eigenvalue weighted by atomic mass is 16.2. The third-order valence-corrected chi connectivity index (χ3v) is 3.25. The number of benzene rings is 1. The van der Waals surface area contributed by atoms with Gasteiger partial charge in [-0.3, -0.25) is 4.79 Å². The minimum Gasteiger partial charge on any atom is -0.309 e. The van der Waals surface area contributed by atoms with Crippen molar-refractivity contribution in [3.05, 3.63) is 41.1 Å². The lowest BCUT2D eigenvalue weighted by Crippen LogP contribution is -2.24. The van der Waals surface area contributed by atoms with E-state index in [-0.39, 0.29) is 5.91 Å². The van der Waals surface area contributed by atoms with E-state index in [0.717, 1.165) is 17.8 Å². The zero-order valence-corrected chi connectivity index (χ0v) is 12.6. The van der Waals surface area contributed by atoms with Gasteiger partial charge < -0.3 is 5.32 Å². The van der Waals surface area contributed by atoms with Gasteiger partial charge in [-0.25, -0.2) is 4.99 Å². The summed E-state index contributed by atoms with van der Waals surface area (Å²) in [4.78, 5) is 16.2. The van der Waals surface area contributed by atoms with Crippen LogP contribution in [0.2, 0.25) is 0 Å². The van der Waals surface area contributed by atoms with E-state index in [1.807, 2.05) is 18.2 Å². The summed E-state index contributed by atoms with van der Waals surface area (Å²) in [7, 11) is 0. The SMILES string of the molecule is CC(C)CC1=N/C(=C/c2ccc(C(C)C)cc2)C(=O)N1. The van der Waals surface area contributed by atoms with E-state index in [4.69, 9.17) is 0 Å². The van der Waals surface area contributed by atoms with Gasteiger partial charge in [0, 0.05) is 6.42 Å². The molecule has 0 atom stereocenters. The van der Waals surface area contributed by atoms with E-state index in [0.29, 0.717) is 17.5 Å². The van der Waals surface area contributed by atoms with Crippen LogP contribution in [0, 0.1) is 5.92 Å². The number of nitrogens with zero attached hydrogens (tertiary/aromatic N) is 1. The lowest BCUT2D eigenvalue weighted by atomic mass is 10.0. The van der Waals surface area contributed by atoms with E-state index >= 15 is 0 Å². The van der Waals surface area contributed by atoms with Gasteiger partial charge >= 0.3 is 0 Å². The lowest BCUT2D eigenvalue weighted by Gasteiger charge is -2.04. The Bertz CT molecular complexity index is 551. The molecule has 0 aliphatic carbocycles. The molecule has 3 nitrogen and oxygen atoms in total. The number of carbonyl (C=O) groups is 1. The van der Waals surface area contributed by atoms with Crippen molar-refractivity contribution >= 4 is 17.8 Å². The van der Waals surface area contributed by atoms with Crippen molar-refractivity contribution in [1.29, 1.82) is 0 Å². The van der Waals surface area contributed by atoms with Crippen LogP contribution < -0.4 is 5.32 Å². The molecule has 106 valence electrons. The third kappa shape index (κ3) is 3.56. The number of aliphatic imine (C=N–C) groups is 1. The molecule has 0 unspecified atom stereocenters. The summed E-state index contributed by atoms with van der Waals surface area (Å²) in [5.74, 6) is 1.67. The first-order valence-corrected chi connectivity index (χ1v) is 7.16. The maximum absolute atomic E-state index is 11.9. The molecule has 0 saturated heterocycles. The second-order valence-corrected chi connectivity index (χ2v) is 5.96. The molecular formula is C17H22N2O. The molecule has 3 heteroatoms. The summed E-state index contributed by atoms with van der Waals surface area (Å²) >= 11 is 0. The van der Waals surface area contributed by atoms with Gasteiger partial charge in [-0.2, -0.15) is 0 Å². The fourth-order valence-electron chi connectivity index (χ4n) is 2.14. The van der Waals surface area contributed by atoms with Crippen LogP contribution in [-0.2, 0) is 4.79 Å². The van der Waals surface area contributed by atoms with Crippen LogP contribution >= 0.6 is 0 Å². The maximum atomic E-state index is 11.9. The number of rotatable bonds is 4. The largest absolute Gasteiger partial charge is 0.309 e. The Kier molecular flexibility index (Phi) is 4.38. The van der Waals surface area contributed by atoms with Crippen LogP contribution in [0.5, 0.6) is 0 Å². The minimum atomic E-state index is -0.103. The van der Waals surface area contributed by atoms with Crippen LogP contribution in [0.4, 0.5) is 0 Å². The summed E-state index contributed by atoms with van der Waals surface area (Å²) in [6, 6.07) is 8.27. The quantitative estimate of drug-likeness (QED) is 0.832. The molecule has 1 aromatic rings. The summed E-state index contributed by atoms with van der Waals surface area (Å²) in [5, 5.41) is 2.83. The second kappa shape index (κ2) is 6.04. The van der Waals surface area contributed by atoms with Crippen molar-refractivity contribution in [2.24, 2.45) is 10.9 Å². The minimum absolute atomic E-state index is 0.103. The Hall–Kier alpha value is -1.90. The van der Waals surface area contributed by atoms with Gasteiger partial charge in [0.05, 0.1) is 0 Å². The van der Waals surface area contributed by atoms with Gasteiger partial charge in [0.2, 0.25) is 0 Å². The molecule has 20 heavy (non-hydrogen) atoms. The highest BCUT2D eigenvalue weighted by Gasteiger charge is 2.20. The van der Waals surface area contributed by atoms with E-state index in [9.17, 15) is 4.79 Å². The monoisotopic (exact) mass is 270 g/mol. The predicted octanol–water partition coefficient (Wildman–Crippen LogP) is 3.73. The maximum Gasteiger partial charge on any atom is 0.275 e. The molecule has 2 rings (SSSR count). The summed E-state index contributed by atoms with van der Waals surface area (Å²) < 4.78 is 0. The van der Waals surface area contributed by atoms with Crippen LogP contribution in [0.3, 0.4) is 0 Å². The molecule has 0 bridgehead atoms. The molecule has 1 heterocycles. The predicted molar refractivity (Wildman–Crippen MR) is 83.5 cm³/mol. The Balaban J connectivity index is 2.17. The molecule has 0 aromatic heterocycles. The van der Waals surface area contributed by atoms with Crippen molar-refractivity contribution in [1.82, 2.24) is 5.32 Å². The van der Waals surface area contributed by atoms with Crippen LogP contribution in [0.1, 0.15) is 51.2 Å².